The second kappa shape index (κ2) is 40.9. The molecule has 58 heavy (non-hydrogen) atoms. The van der Waals surface area contributed by atoms with Gasteiger partial charge in [-0.1, -0.05) is 206 Å². The van der Waals surface area contributed by atoms with E-state index in [1.807, 2.05) is 21.1 Å². The van der Waals surface area contributed by atoms with Gasteiger partial charge < -0.3 is 27.9 Å². The predicted molar refractivity (Wildman–Crippen MR) is 241 cm³/mol. The van der Waals surface area contributed by atoms with E-state index >= 15 is 0 Å². The van der Waals surface area contributed by atoms with Gasteiger partial charge in [0.25, 0.3) is 7.82 Å². The van der Waals surface area contributed by atoms with Crippen LogP contribution in [0.1, 0.15) is 219 Å². The molecule has 0 aliphatic rings. The first-order chi connectivity index (χ1) is 28.0. The zero-order chi connectivity index (χ0) is 42.8. The molecular weight excluding hydrogens is 750 g/mol. The van der Waals surface area contributed by atoms with E-state index in [1.165, 1.54) is 179 Å². The number of hydrogen-bond acceptors (Lipinski definition) is 8. The zero-order valence-corrected chi connectivity index (χ0v) is 39.4. The summed E-state index contributed by atoms with van der Waals surface area (Å²) >= 11 is 0. The van der Waals surface area contributed by atoms with E-state index in [4.69, 9.17) is 18.5 Å². The number of esters is 2. The minimum Gasteiger partial charge on any atom is -0.756 e. The molecule has 0 amide bonds. The zero-order valence-electron chi connectivity index (χ0n) is 38.5. The monoisotopic (exact) mass is 842 g/mol. The molecule has 0 aliphatic heterocycles. The van der Waals surface area contributed by atoms with Crippen LogP contribution in [0.4, 0.5) is 0 Å². The number of quaternary nitrogens is 1. The lowest BCUT2D eigenvalue weighted by molar-refractivity contribution is -0.870. The van der Waals surface area contributed by atoms with Crippen LogP contribution in [0, 0.1) is 0 Å². The number of phosphoric ester groups is 1. The van der Waals surface area contributed by atoms with Crippen molar-refractivity contribution in [3.63, 3.8) is 0 Å². The third-order valence-corrected chi connectivity index (χ3v) is 11.5. The first-order valence-electron chi connectivity index (χ1n) is 24.1. The summed E-state index contributed by atoms with van der Waals surface area (Å²) in [5, 5.41) is 0. The second-order valence-corrected chi connectivity index (χ2v) is 19.0. The molecule has 0 saturated carbocycles. The van der Waals surface area contributed by atoms with E-state index in [0.29, 0.717) is 11.0 Å². The molecular formula is C48H92NO8P. The van der Waals surface area contributed by atoms with Crippen LogP contribution in [0.25, 0.3) is 0 Å². The number of carbonyl (C=O) groups is 2. The second-order valence-electron chi connectivity index (χ2n) is 17.6. The molecule has 0 N–H and O–H groups in total. The molecule has 0 saturated heterocycles. The van der Waals surface area contributed by atoms with Crippen molar-refractivity contribution in [2.45, 2.75) is 225 Å². The molecule has 0 aromatic carbocycles. The Hall–Kier alpha value is -1.51. The molecule has 9 nitrogen and oxygen atoms in total. The highest BCUT2D eigenvalue weighted by Gasteiger charge is 2.21. The van der Waals surface area contributed by atoms with E-state index in [9.17, 15) is 19.0 Å². The molecule has 0 heterocycles. The summed E-state index contributed by atoms with van der Waals surface area (Å²) in [6.45, 7) is 4.10. The Morgan fingerprint density at radius 2 is 0.862 bits per heavy atom. The molecule has 0 rings (SSSR count). The Morgan fingerprint density at radius 1 is 0.517 bits per heavy atom. The van der Waals surface area contributed by atoms with Crippen LogP contribution in [-0.2, 0) is 32.7 Å². The van der Waals surface area contributed by atoms with E-state index in [0.717, 1.165) is 38.5 Å². The van der Waals surface area contributed by atoms with Gasteiger partial charge in [0.15, 0.2) is 6.10 Å². The largest absolute Gasteiger partial charge is 0.756 e. The van der Waals surface area contributed by atoms with Crippen LogP contribution >= 0.6 is 7.82 Å². The van der Waals surface area contributed by atoms with Crippen LogP contribution in [-0.4, -0.2) is 70.0 Å². The van der Waals surface area contributed by atoms with E-state index in [1.54, 1.807) is 12.2 Å². The quantitative estimate of drug-likeness (QED) is 0.0196. The smallest absolute Gasteiger partial charge is 0.330 e. The summed E-state index contributed by atoms with van der Waals surface area (Å²) in [4.78, 5) is 37.4. The number of phosphoric acid groups is 1. The van der Waals surface area contributed by atoms with Gasteiger partial charge >= 0.3 is 11.9 Å². The molecule has 0 radical (unpaired) electrons. The molecule has 0 fully saturated rings. The molecule has 2 atom stereocenters. The van der Waals surface area contributed by atoms with Gasteiger partial charge in [0.2, 0.25) is 0 Å². The minimum absolute atomic E-state index is 0.0457. The van der Waals surface area contributed by atoms with Gasteiger partial charge in [0.1, 0.15) is 19.8 Å². The summed E-state index contributed by atoms with van der Waals surface area (Å²) < 4.78 is 33.7. The van der Waals surface area contributed by atoms with Gasteiger partial charge in [-0.25, -0.2) is 9.59 Å². The number of allylic oxidation sites excluding steroid dienone is 2. The van der Waals surface area contributed by atoms with Crippen molar-refractivity contribution in [2.24, 2.45) is 0 Å². The lowest BCUT2D eigenvalue weighted by Crippen LogP contribution is -2.37. The number of unbranched alkanes of at least 4 members (excludes halogenated alkanes) is 30. The minimum atomic E-state index is -4.65. The summed E-state index contributed by atoms with van der Waals surface area (Å²) in [7, 11) is 1.12. The Morgan fingerprint density at radius 3 is 1.22 bits per heavy atom. The lowest BCUT2D eigenvalue weighted by atomic mass is 10.0. The van der Waals surface area contributed by atoms with E-state index in [-0.39, 0.29) is 13.2 Å². The fourth-order valence-corrected chi connectivity index (χ4v) is 7.54. The molecule has 0 aliphatic carbocycles. The highest BCUT2D eigenvalue weighted by atomic mass is 31.2. The molecule has 0 spiro atoms. The van der Waals surface area contributed by atoms with Crippen molar-refractivity contribution in [3.05, 3.63) is 24.3 Å². The van der Waals surface area contributed by atoms with Crippen molar-refractivity contribution in [3.8, 4) is 0 Å². The number of ether oxygens (including phenoxy) is 2. The molecule has 0 bridgehead atoms. The Labute approximate surface area is 358 Å². The highest BCUT2D eigenvalue weighted by molar-refractivity contribution is 7.45. The molecule has 0 aromatic heterocycles. The van der Waals surface area contributed by atoms with Gasteiger partial charge in [0, 0.05) is 12.2 Å². The Bertz CT molecular complexity index is 1040. The SMILES string of the molecule is CCCCCCCCCCCCCCCCC/C=C/C(=O)OCC(COP(=O)([O-])OCC[N+](C)(C)C)OC(=O)/C=C/CCCCCCCCCCCCCCCCC. The van der Waals surface area contributed by atoms with Crippen LogP contribution < -0.4 is 4.89 Å². The fraction of sp³-hybridized carbons (Fsp3) is 0.875. The van der Waals surface area contributed by atoms with Crippen molar-refractivity contribution < 1.29 is 42.1 Å². The third-order valence-electron chi connectivity index (χ3n) is 10.6. The van der Waals surface area contributed by atoms with Gasteiger partial charge in [-0.15, -0.1) is 0 Å². The van der Waals surface area contributed by atoms with Gasteiger partial charge in [-0.2, -0.15) is 0 Å². The van der Waals surface area contributed by atoms with E-state index < -0.39 is 32.5 Å². The first-order valence-corrected chi connectivity index (χ1v) is 25.6. The number of carbonyl (C=O) groups excluding carboxylic acids is 2. The number of likely N-dealkylation sites (N-methyl/N-ethyl adjacent to an activating group) is 1. The summed E-state index contributed by atoms with van der Waals surface area (Å²) in [5.41, 5.74) is 0. The maximum atomic E-state index is 12.6. The Balaban J connectivity index is 4.37. The van der Waals surface area contributed by atoms with Crippen molar-refractivity contribution in [2.75, 3.05) is 47.5 Å². The van der Waals surface area contributed by atoms with Crippen LogP contribution in [0.2, 0.25) is 0 Å². The first kappa shape index (κ1) is 56.5. The topological polar surface area (TPSA) is 111 Å². The van der Waals surface area contributed by atoms with Crippen molar-refractivity contribution in [1.29, 1.82) is 0 Å². The summed E-state index contributed by atoms with van der Waals surface area (Å²) in [6, 6.07) is 0. The van der Waals surface area contributed by atoms with Crippen LogP contribution in [0.15, 0.2) is 24.3 Å². The summed E-state index contributed by atoms with van der Waals surface area (Å²) in [5.74, 6) is -1.21. The molecule has 10 heteroatoms. The standard InChI is InChI=1S/C48H92NO8P/c1-6-8-10-12-14-16-18-20-22-24-26-28-30-32-34-36-38-40-47(50)54-44-46(45-56-58(52,53)55-43-42-49(3,4)5)57-48(51)41-39-37-35-33-31-29-27-25-23-21-19-17-15-13-11-9-7-2/h38-41,46H,6-37,42-45H2,1-5H3/b40-38+,41-39+. The van der Waals surface area contributed by atoms with Crippen molar-refractivity contribution in [1.82, 2.24) is 0 Å². The van der Waals surface area contributed by atoms with Crippen molar-refractivity contribution >= 4 is 19.8 Å². The molecule has 2 unspecified atom stereocenters. The average molecular weight is 842 g/mol. The highest BCUT2D eigenvalue weighted by Crippen LogP contribution is 2.38. The average Bonchev–Trinajstić information content (AvgIpc) is 3.17. The number of hydrogen-bond donors (Lipinski definition) is 0. The van der Waals surface area contributed by atoms with Gasteiger partial charge in [-0.3, -0.25) is 4.57 Å². The molecule has 0 aromatic rings. The van der Waals surface area contributed by atoms with Crippen LogP contribution in [0.5, 0.6) is 0 Å². The third kappa shape index (κ3) is 44.1. The van der Waals surface area contributed by atoms with Crippen LogP contribution in [0.3, 0.4) is 0 Å². The van der Waals surface area contributed by atoms with Gasteiger partial charge in [-0.05, 0) is 25.7 Å². The van der Waals surface area contributed by atoms with E-state index in [2.05, 4.69) is 13.8 Å². The number of rotatable bonds is 44. The summed E-state index contributed by atoms with van der Waals surface area (Å²) in [6.07, 6.45) is 45.9. The lowest BCUT2D eigenvalue weighted by Gasteiger charge is -2.28. The molecule has 342 valence electrons. The Kier molecular flexibility index (Phi) is 39.8. The fourth-order valence-electron chi connectivity index (χ4n) is 6.81. The maximum absolute atomic E-state index is 12.6. The normalized spacial score (nSPS) is 13.7. The number of nitrogens with zero attached hydrogens (tertiary/aromatic N) is 1. The maximum Gasteiger partial charge on any atom is 0.330 e. The predicted octanol–water partition coefficient (Wildman–Crippen LogP) is 13.3. The van der Waals surface area contributed by atoms with Gasteiger partial charge in [0.05, 0.1) is 27.7 Å².